The Labute approximate surface area is 178 Å². The van der Waals surface area contributed by atoms with E-state index in [1.54, 1.807) is 0 Å². The quantitative estimate of drug-likeness (QED) is 0.304. The molecule has 1 amide bonds. The van der Waals surface area contributed by atoms with Gasteiger partial charge in [0.25, 0.3) is 0 Å². The summed E-state index contributed by atoms with van der Waals surface area (Å²) in [5, 5.41) is 11.7. The number of fused-ring (bicyclic) bond motifs is 1. The number of esters is 1. The minimum absolute atomic E-state index is 0.0185. The summed E-state index contributed by atoms with van der Waals surface area (Å²) in [6.45, 7) is 8.99. The van der Waals surface area contributed by atoms with E-state index in [2.05, 4.69) is 10.3 Å². The summed E-state index contributed by atoms with van der Waals surface area (Å²) in [5.74, 6) is 0.844. The van der Waals surface area contributed by atoms with Crippen molar-refractivity contribution in [1.82, 2.24) is 10.2 Å². The number of aliphatic hydroxyl groups is 1. The van der Waals surface area contributed by atoms with Gasteiger partial charge in [-0.25, -0.2) is 0 Å². The number of carbonyl (C=O) groups is 2. The molecule has 0 bridgehead atoms. The van der Waals surface area contributed by atoms with Crippen molar-refractivity contribution in [2.24, 2.45) is 4.99 Å². The topological polar surface area (TPSA) is 100 Å². The van der Waals surface area contributed by atoms with E-state index in [0.29, 0.717) is 32.0 Å². The van der Waals surface area contributed by atoms with Gasteiger partial charge in [0.1, 0.15) is 18.0 Å². The molecule has 30 heavy (non-hydrogen) atoms. The number of ether oxygens (including phenoxy) is 2. The molecular formula is C22H33N3O5. The number of nitrogens with one attached hydrogen (secondary N) is 1. The predicted molar refractivity (Wildman–Crippen MR) is 114 cm³/mol. The minimum Gasteiger partial charge on any atom is -0.491 e. The standard InChI is InChI=1S/C22H33N3O5/c1-16(27)24-21(23-10-5-6-20(28)30-22(2,3)4)25-11-9-17-14-19(29-13-12-26)8-7-18(17)15-25/h7-8,14,26H,5-6,9-13,15H2,1-4H3,(H,23,24,27). The molecule has 8 nitrogen and oxygen atoms in total. The molecule has 0 radical (unpaired) electrons. The predicted octanol–water partition coefficient (Wildman–Crippen LogP) is 2.03. The van der Waals surface area contributed by atoms with Crippen LogP contribution in [0.1, 0.15) is 51.7 Å². The van der Waals surface area contributed by atoms with Crippen molar-refractivity contribution < 1.29 is 24.2 Å². The summed E-state index contributed by atoms with van der Waals surface area (Å²) in [7, 11) is 0. The molecule has 0 spiro atoms. The molecule has 1 aliphatic heterocycles. The van der Waals surface area contributed by atoms with Crippen molar-refractivity contribution in [2.75, 3.05) is 26.3 Å². The van der Waals surface area contributed by atoms with Gasteiger partial charge in [-0.15, -0.1) is 0 Å². The van der Waals surface area contributed by atoms with E-state index < -0.39 is 5.60 Å². The van der Waals surface area contributed by atoms with Gasteiger partial charge in [0.05, 0.1) is 6.61 Å². The first kappa shape index (κ1) is 23.7. The summed E-state index contributed by atoms with van der Waals surface area (Å²) in [5.41, 5.74) is 1.84. The summed E-state index contributed by atoms with van der Waals surface area (Å²) in [6.07, 6.45) is 1.63. The van der Waals surface area contributed by atoms with Gasteiger partial charge in [-0.05, 0) is 56.9 Å². The molecule has 0 aromatic heterocycles. The fourth-order valence-corrected chi connectivity index (χ4v) is 3.14. The Morgan fingerprint density at radius 2 is 2.03 bits per heavy atom. The Morgan fingerprint density at radius 3 is 2.70 bits per heavy atom. The number of amides is 1. The van der Waals surface area contributed by atoms with E-state index >= 15 is 0 Å². The maximum absolute atomic E-state index is 11.8. The van der Waals surface area contributed by atoms with Crippen LogP contribution in [-0.4, -0.2) is 59.7 Å². The second kappa shape index (κ2) is 11.0. The number of carbonyl (C=O) groups excluding carboxylic acids is 2. The third-order valence-corrected chi connectivity index (χ3v) is 4.36. The van der Waals surface area contributed by atoms with Crippen LogP contribution in [0, 0.1) is 0 Å². The summed E-state index contributed by atoms with van der Waals surface area (Å²) in [6, 6.07) is 5.88. The summed E-state index contributed by atoms with van der Waals surface area (Å²) >= 11 is 0. The third-order valence-electron chi connectivity index (χ3n) is 4.36. The number of guanidine groups is 1. The van der Waals surface area contributed by atoms with Crippen LogP contribution in [0.2, 0.25) is 0 Å². The zero-order valence-corrected chi connectivity index (χ0v) is 18.4. The highest BCUT2D eigenvalue weighted by atomic mass is 16.6. The lowest BCUT2D eigenvalue weighted by Crippen LogP contribution is -2.45. The van der Waals surface area contributed by atoms with Crippen molar-refractivity contribution in [3.05, 3.63) is 29.3 Å². The minimum atomic E-state index is -0.494. The van der Waals surface area contributed by atoms with Crippen LogP contribution in [0.3, 0.4) is 0 Å². The van der Waals surface area contributed by atoms with E-state index in [0.717, 1.165) is 17.7 Å². The van der Waals surface area contributed by atoms with Crippen LogP contribution in [0.5, 0.6) is 5.75 Å². The van der Waals surface area contributed by atoms with Crippen LogP contribution in [0.25, 0.3) is 0 Å². The van der Waals surface area contributed by atoms with Crippen molar-refractivity contribution in [3.8, 4) is 5.75 Å². The van der Waals surface area contributed by atoms with Gasteiger partial charge >= 0.3 is 5.97 Å². The molecule has 0 aliphatic carbocycles. The molecule has 166 valence electrons. The third kappa shape index (κ3) is 8.02. The molecule has 1 aliphatic rings. The van der Waals surface area contributed by atoms with Gasteiger partial charge < -0.3 is 19.5 Å². The normalized spacial score (nSPS) is 14.2. The van der Waals surface area contributed by atoms with Gasteiger partial charge in [0.15, 0.2) is 0 Å². The Morgan fingerprint density at radius 1 is 1.27 bits per heavy atom. The monoisotopic (exact) mass is 419 g/mol. The van der Waals surface area contributed by atoms with Crippen LogP contribution < -0.4 is 10.1 Å². The van der Waals surface area contributed by atoms with E-state index in [4.69, 9.17) is 14.6 Å². The molecular weight excluding hydrogens is 386 g/mol. The Bertz CT molecular complexity index is 771. The van der Waals surface area contributed by atoms with Gasteiger partial charge in [-0.3, -0.25) is 19.9 Å². The average Bonchev–Trinajstić information content (AvgIpc) is 2.66. The average molecular weight is 420 g/mol. The molecule has 0 saturated heterocycles. The van der Waals surface area contributed by atoms with Crippen LogP contribution in [0.4, 0.5) is 0 Å². The van der Waals surface area contributed by atoms with Crippen molar-refractivity contribution >= 4 is 17.8 Å². The van der Waals surface area contributed by atoms with Gasteiger partial charge in [-0.2, -0.15) is 0 Å². The number of hydrogen-bond donors (Lipinski definition) is 2. The summed E-state index contributed by atoms with van der Waals surface area (Å²) in [4.78, 5) is 30.1. The van der Waals surface area contributed by atoms with Crippen LogP contribution in [0.15, 0.2) is 23.2 Å². The molecule has 2 N–H and O–H groups in total. The number of benzene rings is 1. The SMILES string of the molecule is CC(=O)NC(=NCCCC(=O)OC(C)(C)C)N1CCc2cc(OCCO)ccc2C1. The lowest BCUT2D eigenvalue weighted by Gasteiger charge is -2.31. The highest BCUT2D eigenvalue weighted by molar-refractivity contribution is 5.96. The highest BCUT2D eigenvalue weighted by Crippen LogP contribution is 2.24. The van der Waals surface area contributed by atoms with Crippen LogP contribution >= 0.6 is 0 Å². The zero-order valence-electron chi connectivity index (χ0n) is 18.4. The number of rotatable bonds is 7. The van der Waals surface area contributed by atoms with Crippen molar-refractivity contribution in [3.63, 3.8) is 0 Å². The number of hydrogen-bond acceptors (Lipinski definition) is 6. The maximum atomic E-state index is 11.8. The molecule has 1 heterocycles. The second-order valence-corrected chi connectivity index (χ2v) is 8.25. The second-order valence-electron chi connectivity index (χ2n) is 8.25. The molecule has 0 unspecified atom stereocenters. The highest BCUT2D eigenvalue weighted by Gasteiger charge is 2.21. The Hall–Kier alpha value is -2.61. The van der Waals surface area contributed by atoms with E-state index in [-0.39, 0.29) is 31.5 Å². The number of nitrogens with zero attached hydrogens (tertiary/aromatic N) is 2. The molecule has 8 heteroatoms. The maximum Gasteiger partial charge on any atom is 0.306 e. The largest absolute Gasteiger partial charge is 0.491 e. The van der Waals surface area contributed by atoms with E-state index in [1.165, 1.54) is 12.5 Å². The first-order valence-corrected chi connectivity index (χ1v) is 10.3. The smallest absolute Gasteiger partial charge is 0.306 e. The Balaban J connectivity index is 1.97. The van der Waals surface area contributed by atoms with Crippen molar-refractivity contribution in [1.29, 1.82) is 0 Å². The van der Waals surface area contributed by atoms with Crippen molar-refractivity contribution in [2.45, 2.75) is 59.1 Å². The van der Waals surface area contributed by atoms with Gasteiger partial charge in [-0.1, -0.05) is 6.07 Å². The molecule has 0 atom stereocenters. The molecule has 0 saturated carbocycles. The van der Waals surface area contributed by atoms with E-state index in [1.807, 2.05) is 43.9 Å². The lowest BCUT2D eigenvalue weighted by atomic mass is 9.99. The van der Waals surface area contributed by atoms with Gasteiger partial charge in [0, 0.05) is 33.0 Å². The lowest BCUT2D eigenvalue weighted by molar-refractivity contribution is -0.154. The fraction of sp³-hybridized carbons (Fsp3) is 0.591. The molecule has 0 fully saturated rings. The fourth-order valence-electron chi connectivity index (χ4n) is 3.14. The first-order valence-electron chi connectivity index (χ1n) is 10.3. The van der Waals surface area contributed by atoms with Crippen LogP contribution in [-0.2, 0) is 27.3 Å². The number of aliphatic imine (C=N–C) groups is 1. The van der Waals surface area contributed by atoms with E-state index in [9.17, 15) is 9.59 Å². The number of aliphatic hydroxyl groups excluding tert-OH is 1. The molecule has 2 rings (SSSR count). The van der Waals surface area contributed by atoms with Gasteiger partial charge in [0.2, 0.25) is 11.9 Å². The molecule has 1 aromatic rings. The summed E-state index contributed by atoms with van der Waals surface area (Å²) < 4.78 is 10.8. The first-order chi connectivity index (χ1) is 14.2. The zero-order chi connectivity index (χ0) is 22.1. The Kier molecular flexibility index (Phi) is 8.65. The molecule has 1 aromatic carbocycles.